The standard InChI is InChI=1S/C26H53O4PS2/c1-2-3-4-5-6-7-8-9-10-11-12-13-14-15-16-17-18-19-20-21-22-23-24-25(26(32)33)30-31(27,28)29/h25H,2-24H2,1H3,(H,32,33)(H2,27,28,29). The molecule has 0 saturated heterocycles. The van der Waals surface area contributed by atoms with Gasteiger partial charge in [0.05, 0.1) is 4.20 Å². The first kappa shape index (κ1) is 33.5. The fourth-order valence-corrected chi connectivity index (χ4v) is 5.37. The van der Waals surface area contributed by atoms with Gasteiger partial charge in [-0.1, -0.05) is 160 Å². The minimum Gasteiger partial charge on any atom is -0.303 e. The predicted molar refractivity (Wildman–Crippen MR) is 150 cm³/mol. The smallest absolute Gasteiger partial charge is 0.303 e. The summed E-state index contributed by atoms with van der Waals surface area (Å²) in [6.07, 6.45) is 29.3. The molecule has 0 rings (SSSR count). The Morgan fingerprint density at radius 3 is 1.18 bits per heavy atom. The van der Waals surface area contributed by atoms with Gasteiger partial charge in [0.25, 0.3) is 0 Å². The Labute approximate surface area is 216 Å². The average molecular weight is 525 g/mol. The van der Waals surface area contributed by atoms with Crippen LogP contribution in [0.1, 0.15) is 155 Å². The lowest BCUT2D eigenvalue weighted by Gasteiger charge is -2.16. The number of rotatable bonds is 26. The lowest BCUT2D eigenvalue weighted by atomic mass is 10.0. The van der Waals surface area contributed by atoms with Gasteiger partial charge in [0, 0.05) is 0 Å². The van der Waals surface area contributed by atoms with E-state index < -0.39 is 13.9 Å². The third kappa shape index (κ3) is 27.0. The zero-order valence-electron chi connectivity index (χ0n) is 21.4. The summed E-state index contributed by atoms with van der Waals surface area (Å²) in [4.78, 5) is 17.8. The summed E-state index contributed by atoms with van der Waals surface area (Å²) in [5.41, 5.74) is 0. The van der Waals surface area contributed by atoms with Crippen LogP contribution in [0.15, 0.2) is 0 Å². The zero-order valence-corrected chi connectivity index (χ0v) is 24.0. The molecule has 1 atom stereocenters. The Hall–Kier alpha value is 0.550. The lowest BCUT2D eigenvalue weighted by Crippen LogP contribution is -2.17. The largest absolute Gasteiger partial charge is 0.470 e. The van der Waals surface area contributed by atoms with Crippen LogP contribution in [0.3, 0.4) is 0 Å². The molecule has 7 heteroatoms. The van der Waals surface area contributed by atoms with E-state index in [1.54, 1.807) is 0 Å². The summed E-state index contributed by atoms with van der Waals surface area (Å²) < 4.78 is 15.9. The molecule has 0 aromatic heterocycles. The van der Waals surface area contributed by atoms with Crippen LogP contribution in [0.25, 0.3) is 0 Å². The van der Waals surface area contributed by atoms with Crippen LogP contribution in [0, 0.1) is 0 Å². The molecule has 0 aromatic rings. The first-order chi connectivity index (χ1) is 15.9. The molecular formula is C26H53O4PS2. The number of unbranched alkanes of at least 4 members (excludes halogenated alkanes) is 21. The molecule has 0 fully saturated rings. The maximum atomic E-state index is 10.9. The van der Waals surface area contributed by atoms with Crippen molar-refractivity contribution in [3.8, 4) is 0 Å². The van der Waals surface area contributed by atoms with Crippen molar-refractivity contribution in [3.05, 3.63) is 0 Å². The maximum Gasteiger partial charge on any atom is 0.470 e. The zero-order chi connectivity index (χ0) is 24.6. The molecule has 0 radical (unpaired) electrons. The fraction of sp³-hybridized carbons (Fsp3) is 0.962. The van der Waals surface area contributed by atoms with Gasteiger partial charge in [-0.3, -0.25) is 4.52 Å². The van der Waals surface area contributed by atoms with Crippen molar-refractivity contribution in [2.24, 2.45) is 0 Å². The van der Waals surface area contributed by atoms with Gasteiger partial charge in [-0.25, -0.2) is 4.57 Å². The maximum absolute atomic E-state index is 10.9. The highest BCUT2D eigenvalue weighted by atomic mass is 32.1. The Bertz CT molecular complexity index is 485. The second-order valence-corrected chi connectivity index (χ2v) is 12.1. The summed E-state index contributed by atoms with van der Waals surface area (Å²) in [7, 11) is -4.51. The molecule has 0 spiro atoms. The number of phosphoric ester groups is 1. The summed E-state index contributed by atoms with van der Waals surface area (Å²) >= 11 is 8.93. The van der Waals surface area contributed by atoms with Crippen LogP contribution < -0.4 is 0 Å². The van der Waals surface area contributed by atoms with Crippen LogP contribution in [-0.4, -0.2) is 20.1 Å². The Balaban J connectivity index is 3.25. The van der Waals surface area contributed by atoms with Gasteiger partial charge in [0.15, 0.2) is 0 Å². The Kier molecular flexibility index (Phi) is 24.7. The van der Waals surface area contributed by atoms with Crippen LogP contribution in [0.5, 0.6) is 0 Å². The van der Waals surface area contributed by atoms with E-state index in [-0.39, 0.29) is 4.20 Å². The first-order valence-electron chi connectivity index (χ1n) is 13.8. The van der Waals surface area contributed by atoms with Crippen molar-refractivity contribution in [2.45, 2.75) is 161 Å². The highest BCUT2D eigenvalue weighted by Crippen LogP contribution is 2.39. The van der Waals surface area contributed by atoms with E-state index in [1.165, 1.54) is 122 Å². The van der Waals surface area contributed by atoms with E-state index in [9.17, 15) is 4.57 Å². The predicted octanol–water partition coefficient (Wildman–Crippen LogP) is 9.71. The molecule has 2 N–H and O–H groups in total. The second-order valence-electron chi connectivity index (χ2n) is 9.64. The Morgan fingerprint density at radius 2 is 0.939 bits per heavy atom. The van der Waals surface area contributed by atoms with Gasteiger partial charge < -0.3 is 9.79 Å². The number of phosphoric acid groups is 1. The molecule has 4 nitrogen and oxygen atoms in total. The van der Waals surface area contributed by atoms with Crippen LogP contribution in [0.4, 0.5) is 0 Å². The summed E-state index contributed by atoms with van der Waals surface area (Å²) in [6.45, 7) is 2.28. The Morgan fingerprint density at radius 1 is 0.667 bits per heavy atom. The third-order valence-corrected chi connectivity index (χ3v) is 7.44. The normalized spacial score (nSPS) is 12.8. The van der Waals surface area contributed by atoms with E-state index in [2.05, 4.69) is 19.6 Å². The molecule has 0 aliphatic rings. The summed E-state index contributed by atoms with van der Waals surface area (Å²) in [6, 6.07) is 0. The van der Waals surface area contributed by atoms with E-state index in [0.717, 1.165) is 19.3 Å². The highest BCUT2D eigenvalue weighted by Gasteiger charge is 2.23. The van der Waals surface area contributed by atoms with Crippen molar-refractivity contribution in [1.29, 1.82) is 0 Å². The minimum atomic E-state index is -4.51. The molecule has 0 amide bonds. The van der Waals surface area contributed by atoms with Gasteiger partial charge in [-0.05, 0) is 6.42 Å². The van der Waals surface area contributed by atoms with Crippen molar-refractivity contribution in [2.75, 3.05) is 0 Å². The topological polar surface area (TPSA) is 66.8 Å². The number of hydrogen-bond acceptors (Lipinski definition) is 3. The summed E-state index contributed by atoms with van der Waals surface area (Å²) in [5.74, 6) is 0. The van der Waals surface area contributed by atoms with Crippen LogP contribution in [-0.2, 0) is 9.09 Å². The lowest BCUT2D eigenvalue weighted by molar-refractivity contribution is 0.166. The monoisotopic (exact) mass is 524 g/mol. The van der Waals surface area contributed by atoms with Gasteiger partial charge >= 0.3 is 7.82 Å². The molecule has 1 unspecified atom stereocenters. The van der Waals surface area contributed by atoms with Gasteiger partial charge in [0.2, 0.25) is 0 Å². The van der Waals surface area contributed by atoms with Gasteiger partial charge in [0.1, 0.15) is 6.10 Å². The van der Waals surface area contributed by atoms with Crippen molar-refractivity contribution in [1.82, 2.24) is 0 Å². The van der Waals surface area contributed by atoms with Crippen LogP contribution in [0.2, 0.25) is 0 Å². The third-order valence-electron chi connectivity index (χ3n) is 6.36. The van der Waals surface area contributed by atoms with E-state index in [0.29, 0.717) is 6.42 Å². The van der Waals surface area contributed by atoms with Crippen molar-refractivity contribution >= 4 is 36.9 Å². The number of thiol groups is 1. The fourth-order valence-electron chi connectivity index (χ4n) is 4.33. The summed E-state index contributed by atoms with van der Waals surface area (Å²) in [5, 5.41) is 0. The second kappa shape index (κ2) is 24.3. The number of hydrogen-bond donors (Lipinski definition) is 3. The molecule has 0 aliphatic carbocycles. The SMILES string of the molecule is CCCCCCCCCCCCCCCCCCCCCCCCC(OP(=O)(O)O)C(=S)S. The highest BCUT2D eigenvalue weighted by molar-refractivity contribution is 8.11. The van der Waals surface area contributed by atoms with E-state index in [1.807, 2.05) is 0 Å². The first-order valence-corrected chi connectivity index (χ1v) is 16.2. The molecule has 0 aliphatic heterocycles. The van der Waals surface area contributed by atoms with Crippen LogP contribution >= 0.6 is 32.7 Å². The van der Waals surface area contributed by atoms with Crippen molar-refractivity contribution < 1.29 is 18.9 Å². The molecule has 198 valence electrons. The van der Waals surface area contributed by atoms with Gasteiger partial charge in [-0.2, -0.15) is 0 Å². The van der Waals surface area contributed by atoms with E-state index >= 15 is 0 Å². The molecule has 0 heterocycles. The molecule has 0 aromatic carbocycles. The molecule has 0 bridgehead atoms. The number of thiocarbonyl (C=S) groups is 1. The average Bonchev–Trinajstić information content (AvgIpc) is 2.75. The minimum absolute atomic E-state index is 0.210. The molecule has 0 saturated carbocycles. The van der Waals surface area contributed by atoms with E-state index in [4.69, 9.17) is 26.5 Å². The molecule has 33 heavy (non-hydrogen) atoms. The van der Waals surface area contributed by atoms with Gasteiger partial charge in [-0.15, -0.1) is 12.6 Å². The molecular weight excluding hydrogens is 471 g/mol. The van der Waals surface area contributed by atoms with Crippen molar-refractivity contribution in [3.63, 3.8) is 0 Å². The quantitative estimate of drug-likeness (QED) is 0.0455.